The van der Waals surface area contributed by atoms with E-state index in [1.165, 1.54) is 0 Å². The number of nitrogens with zero attached hydrogens (tertiary/aromatic N) is 1. The third-order valence-corrected chi connectivity index (χ3v) is 3.89. The molecule has 1 aliphatic rings. The zero-order valence-electron chi connectivity index (χ0n) is 11.2. The molecule has 0 amide bonds. The van der Waals surface area contributed by atoms with Gasteiger partial charge in [-0.15, -0.1) is 0 Å². The Labute approximate surface area is 110 Å². The van der Waals surface area contributed by atoms with Crippen molar-refractivity contribution in [3.63, 3.8) is 0 Å². The summed E-state index contributed by atoms with van der Waals surface area (Å²) in [7, 11) is 0. The van der Waals surface area contributed by atoms with Crippen LogP contribution in [0, 0.1) is 19.8 Å². The second-order valence-corrected chi connectivity index (χ2v) is 5.29. The third-order valence-electron chi connectivity index (χ3n) is 3.89. The molecule has 0 unspecified atom stereocenters. The second kappa shape index (κ2) is 5.53. The molecular weight excluding hydrogens is 257 g/mol. The average Bonchev–Trinajstić information content (AvgIpc) is 2.66. The first kappa shape index (κ1) is 14.4. The fourth-order valence-corrected chi connectivity index (χ4v) is 2.67. The number of halogens is 3. The van der Waals surface area contributed by atoms with Gasteiger partial charge in [-0.2, -0.15) is 13.2 Å². The Balaban J connectivity index is 1.90. The minimum Gasteiger partial charge on any atom is -0.361 e. The maximum atomic E-state index is 12.7. The molecule has 0 aromatic carbocycles. The maximum Gasteiger partial charge on any atom is 0.391 e. The highest BCUT2D eigenvalue weighted by Gasteiger charge is 2.42. The van der Waals surface area contributed by atoms with Crippen molar-refractivity contribution in [1.82, 2.24) is 10.5 Å². The number of alkyl halides is 3. The smallest absolute Gasteiger partial charge is 0.361 e. The van der Waals surface area contributed by atoms with Gasteiger partial charge in [-0.1, -0.05) is 11.6 Å². The van der Waals surface area contributed by atoms with E-state index < -0.39 is 12.1 Å². The Morgan fingerprint density at radius 3 is 2.63 bits per heavy atom. The quantitative estimate of drug-likeness (QED) is 0.918. The van der Waals surface area contributed by atoms with Crippen LogP contribution in [-0.2, 0) is 6.54 Å². The number of hydrogen-bond acceptors (Lipinski definition) is 3. The fourth-order valence-electron chi connectivity index (χ4n) is 2.67. The van der Waals surface area contributed by atoms with Crippen LogP contribution < -0.4 is 5.32 Å². The summed E-state index contributed by atoms with van der Waals surface area (Å²) in [5.74, 6) is -0.434. The molecule has 2 atom stereocenters. The van der Waals surface area contributed by atoms with Gasteiger partial charge in [0.05, 0.1) is 11.6 Å². The van der Waals surface area contributed by atoms with Gasteiger partial charge in [0.15, 0.2) is 0 Å². The third kappa shape index (κ3) is 3.49. The van der Waals surface area contributed by atoms with Gasteiger partial charge in [0.25, 0.3) is 0 Å². The topological polar surface area (TPSA) is 38.1 Å². The van der Waals surface area contributed by atoms with E-state index >= 15 is 0 Å². The molecular formula is C13H19F3N2O. The van der Waals surface area contributed by atoms with E-state index in [9.17, 15) is 13.2 Å². The summed E-state index contributed by atoms with van der Waals surface area (Å²) < 4.78 is 43.2. The Morgan fingerprint density at radius 1 is 1.32 bits per heavy atom. The van der Waals surface area contributed by atoms with Gasteiger partial charge in [-0.25, -0.2) is 0 Å². The van der Waals surface area contributed by atoms with Crippen molar-refractivity contribution < 1.29 is 17.7 Å². The van der Waals surface area contributed by atoms with E-state index in [1.54, 1.807) is 0 Å². The maximum absolute atomic E-state index is 12.7. The molecule has 108 valence electrons. The number of rotatable bonds is 3. The van der Waals surface area contributed by atoms with Crippen LogP contribution >= 0.6 is 0 Å². The van der Waals surface area contributed by atoms with E-state index in [-0.39, 0.29) is 18.9 Å². The van der Waals surface area contributed by atoms with Crippen molar-refractivity contribution in [3.05, 3.63) is 17.0 Å². The minimum atomic E-state index is -4.07. The van der Waals surface area contributed by atoms with Crippen molar-refractivity contribution in [2.45, 2.75) is 58.3 Å². The van der Waals surface area contributed by atoms with Gasteiger partial charge >= 0.3 is 6.18 Å². The summed E-state index contributed by atoms with van der Waals surface area (Å²) >= 11 is 0. The Kier molecular flexibility index (Phi) is 4.18. The Bertz CT molecular complexity index is 409. The molecule has 1 heterocycles. The van der Waals surface area contributed by atoms with E-state index in [2.05, 4.69) is 10.5 Å². The first-order chi connectivity index (χ1) is 8.88. The first-order valence-electron chi connectivity index (χ1n) is 6.59. The summed E-state index contributed by atoms with van der Waals surface area (Å²) in [6.45, 7) is 4.18. The lowest BCUT2D eigenvalue weighted by Gasteiger charge is -2.31. The molecule has 1 N–H and O–H groups in total. The molecule has 1 aliphatic carbocycles. The van der Waals surface area contributed by atoms with Crippen LogP contribution in [0.25, 0.3) is 0 Å². The van der Waals surface area contributed by atoms with Crippen LogP contribution in [-0.4, -0.2) is 17.4 Å². The SMILES string of the molecule is Cc1noc(C)c1CN[C@@H]1CCC[C@@H](C(F)(F)F)C1. The average molecular weight is 276 g/mol. The monoisotopic (exact) mass is 276 g/mol. The molecule has 6 heteroatoms. The van der Waals surface area contributed by atoms with Crippen LogP contribution in [0.5, 0.6) is 0 Å². The fraction of sp³-hybridized carbons (Fsp3) is 0.769. The highest BCUT2D eigenvalue weighted by Crippen LogP contribution is 2.37. The molecule has 3 nitrogen and oxygen atoms in total. The number of aromatic nitrogens is 1. The molecule has 1 fully saturated rings. The second-order valence-electron chi connectivity index (χ2n) is 5.29. The van der Waals surface area contributed by atoms with E-state index in [0.717, 1.165) is 23.4 Å². The summed E-state index contributed by atoms with van der Waals surface area (Å²) in [5.41, 5.74) is 1.75. The molecule has 0 bridgehead atoms. The van der Waals surface area contributed by atoms with Crippen LogP contribution in [0.1, 0.15) is 42.7 Å². The lowest BCUT2D eigenvalue weighted by molar-refractivity contribution is -0.183. The van der Waals surface area contributed by atoms with Gasteiger partial charge in [-0.05, 0) is 33.1 Å². The van der Waals surface area contributed by atoms with E-state index in [1.807, 2.05) is 13.8 Å². The van der Waals surface area contributed by atoms with Crippen molar-refractivity contribution in [2.24, 2.45) is 5.92 Å². The zero-order valence-corrected chi connectivity index (χ0v) is 11.2. The first-order valence-corrected chi connectivity index (χ1v) is 6.59. The van der Waals surface area contributed by atoms with E-state index in [0.29, 0.717) is 13.0 Å². The molecule has 1 aromatic heterocycles. The summed E-state index contributed by atoms with van der Waals surface area (Å²) in [4.78, 5) is 0. The highest BCUT2D eigenvalue weighted by atomic mass is 19.4. The van der Waals surface area contributed by atoms with E-state index in [4.69, 9.17) is 4.52 Å². The largest absolute Gasteiger partial charge is 0.391 e. The molecule has 1 saturated carbocycles. The van der Waals surface area contributed by atoms with Gasteiger partial charge in [0.2, 0.25) is 0 Å². The van der Waals surface area contributed by atoms with Crippen molar-refractivity contribution in [3.8, 4) is 0 Å². The van der Waals surface area contributed by atoms with Gasteiger partial charge in [0, 0.05) is 18.2 Å². The Hall–Kier alpha value is -1.04. The van der Waals surface area contributed by atoms with Gasteiger partial charge in [-0.3, -0.25) is 0 Å². The van der Waals surface area contributed by atoms with Gasteiger partial charge in [0.1, 0.15) is 5.76 Å². The number of nitrogens with one attached hydrogen (secondary N) is 1. The zero-order chi connectivity index (χ0) is 14.0. The molecule has 0 spiro atoms. The van der Waals surface area contributed by atoms with Crippen molar-refractivity contribution in [2.75, 3.05) is 0 Å². The number of aryl methyl sites for hydroxylation is 2. The molecule has 0 aliphatic heterocycles. The van der Waals surface area contributed by atoms with Crippen LogP contribution in [0.15, 0.2) is 4.52 Å². The van der Waals surface area contributed by atoms with Crippen LogP contribution in [0.3, 0.4) is 0 Å². The molecule has 1 aromatic rings. The highest BCUT2D eigenvalue weighted by molar-refractivity contribution is 5.20. The van der Waals surface area contributed by atoms with Crippen molar-refractivity contribution >= 4 is 0 Å². The predicted molar refractivity (Wildman–Crippen MR) is 64.6 cm³/mol. The molecule has 19 heavy (non-hydrogen) atoms. The van der Waals surface area contributed by atoms with Gasteiger partial charge < -0.3 is 9.84 Å². The normalized spacial score (nSPS) is 24.7. The van der Waals surface area contributed by atoms with Crippen molar-refractivity contribution in [1.29, 1.82) is 0 Å². The summed E-state index contributed by atoms with van der Waals surface area (Å²) in [6.07, 6.45) is -2.21. The summed E-state index contributed by atoms with van der Waals surface area (Å²) in [5, 5.41) is 7.05. The minimum absolute atomic E-state index is 0.0749. The molecule has 0 radical (unpaired) electrons. The van der Waals surface area contributed by atoms with Crippen LogP contribution in [0.4, 0.5) is 13.2 Å². The van der Waals surface area contributed by atoms with Crippen LogP contribution in [0.2, 0.25) is 0 Å². The standard InChI is InChI=1S/C13H19F3N2O/c1-8-12(9(2)19-18-8)7-17-11-5-3-4-10(6-11)13(14,15)16/h10-11,17H,3-7H2,1-2H3/t10-,11-/m1/s1. The summed E-state index contributed by atoms with van der Waals surface area (Å²) in [6, 6.07) is -0.0749. The molecule has 0 saturated heterocycles. The predicted octanol–water partition coefficient (Wildman–Crippen LogP) is 3.50. The lowest BCUT2D eigenvalue weighted by atomic mass is 9.85. The number of hydrogen-bond donors (Lipinski definition) is 1. The lowest BCUT2D eigenvalue weighted by Crippen LogP contribution is -2.38. The molecule has 2 rings (SSSR count). The Morgan fingerprint density at radius 2 is 2.05 bits per heavy atom.